The number of hydrogen-bond donors (Lipinski definition) is 0. The highest BCUT2D eigenvalue weighted by Crippen LogP contribution is 2.27. The van der Waals surface area contributed by atoms with Gasteiger partial charge >= 0.3 is 0 Å². The highest BCUT2D eigenvalue weighted by molar-refractivity contribution is 5.96. The Labute approximate surface area is 80.0 Å². The van der Waals surface area contributed by atoms with E-state index in [2.05, 4.69) is 0 Å². The van der Waals surface area contributed by atoms with Gasteiger partial charge in [0.05, 0.1) is 12.9 Å². The fraction of sp³-hybridized carbons (Fsp3) is 0.727. The van der Waals surface area contributed by atoms with E-state index in [1.54, 1.807) is 6.26 Å². The van der Waals surface area contributed by atoms with Crippen LogP contribution in [0, 0.1) is 5.92 Å². The average Bonchev–Trinajstić information content (AvgIpc) is 2.65. The smallest absolute Gasteiger partial charge is 0.164 e. The van der Waals surface area contributed by atoms with E-state index >= 15 is 0 Å². The fourth-order valence-electron chi connectivity index (χ4n) is 1.78. The summed E-state index contributed by atoms with van der Waals surface area (Å²) in [5, 5.41) is 0. The largest absolute Gasteiger partial charge is 0.501 e. The molecular weight excluding hydrogens is 164 g/mol. The zero-order chi connectivity index (χ0) is 9.68. The molecule has 0 aromatic rings. The van der Waals surface area contributed by atoms with Crippen molar-refractivity contribution < 1.29 is 9.53 Å². The predicted molar refractivity (Wildman–Crippen MR) is 52.3 cm³/mol. The maximum Gasteiger partial charge on any atom is 0.164 e. The van der Waals surface area contributed by atoms with Crippen LogP contribution >= 0.6 is 0 Å². The molecule has 1 saturated carbocycles. The Bertz CT molecular complexity index is 200. The average molecular weight is 182 g/mol. The number of carbonyl (C=O) groups is 1. The summed E-state index contributed by atoms with van der Waals surface area (Å²) in [5.41, 5.74) is 0.772. The van der Waals surface area contributed by atoms with E-state index in [1.165, 1.54) is 12.8 Å². The Kier molecular flexibility index (Phi) is 4.00. The van der Waals surface area contributed by atoms with Crippen LogP contribution in [0.3, 0.4) is 0 Å². The third kappa shape index (κ3) is 2.87. The standard InChI is InChI=1S/C11H18O2/c1-3-13-8-9(2)11(12)10-6-4-5-7-10/h8,10H,3-7H2,1-2H3/b9-8+. The van der Waals surface area contributed by atoms with Crippen molar-refractivity contribution in [2.45, 2.75) is 39.5 Å². The summed E-state index contributed by atoms with van der Waals surface area (Å²) in [4.78, 5) is 11.7. The summed E-state index contributed by atoms with van der Waals surface area (Å²) in [6.07, 6.45) is 6.14. The van der Waals surface area contributed by atoms with Gasteiger partial charge in [-0.25, -0.2) is 0 Å². The molecule has 0 unspecified atom stereocenters. The lowest BCUT2D eigenvalue weighted by atomic mass is 9.98. The summed E-state index contributed by atoms with van der Waals surface area (Å²) in [5.74, 6) is 0.558. The van der Waals surface area contributed by atoms with Gasteiger partial charge in [0.1, 0.15) is 0 Å². The number of carbonyl (C=O) groups excluding carboxylic acids is 1. The van der Waals surface area contributed by atoms with Gasteiger partial charge in [-0.15, -0.1) is 0 Å². The summed E-state index contributed by atoms with van der Waals surface area (Å²) >= 11 is 0. The molecule has 0 radical (unpaired) electrons. The second-order valence-corrected chi connectivity index (χ2v) is 3.60. The van der Waals surface area contributed by atoms with E-state index in [4.69, 9.17) is 4.74 Å². The van der Waals surface area contributed by atoms with E-state index in [9.17, 15) is 4.79 Å². The summed E-state index contributed by atoms with van der Waals surface area (Å²) in [7, 11) is 0. The fourth-order valence-corrected chi connectivity index (χ4v) is 1.78. The molecule has 13 heavy (non-hydrogen) atoms. The summed E-state index contributed by atoms with van der Waals surface area (Å²) in [6.45, 7) is 4.40. The zero-order valence-electron chi connectivity index (χ0n) is 8.51. The van der Waals surface area contributed by atoms with Crippen LogP contribution in [0.1, 0.15) is 39.5 Å². The Morgan fingerprint density at radius 2 is 2.08 bits per heavy atom. The second kappa shape index (κ2) is 5.05. The molecule has 1 aliphatic carbocycles. The molecule has 1 rings (SSSR count). The molecule has 0 saturated heterocycles. The van der Waals surface area contributed by atoms with Crippen molar-refractivity contribution in [3.63, 3.8) is 0 Å². The van der Waals surface area contributed by atoms with Crippen LogP contribution in [0.15, 0.2) is 11.8 Å². The molecule has 0 aliphatic heterocycles. The van der Waals surface area contributed by atoms with Crippen LogP contribution in [0.5, 0.6) is 0 Å². The molecule has 74 valence electrons. The van der Waals surface area contributed by atoms with Crippen LogP contribution in [0.25, 0.3) is 0 Å². The van der Waals surface area contributed by atoms with E-state index in [0.29, 0.717) is 6.61 Å². The summed E-state index contributed by atoms with van der Waals surface area (Å²) in [6, 6.07) is 0. The van der Waals surface area contributed by atoms with Crippen LogP contribution in [-0.2, 0) is 9.53 Å². The first kappa shape index (κ1) is 10.3. The van der Waals surface area contributed by atoms with Crippen molar-refractivity contribution in [2.75, 3.05) is 6.61 Å². The Hall–Kier alpha value is -0.790. The summed E-state index contributed by atoms with van der Waals surface area (Å²) < 4.78 is 5.09. The molecule has 1 fully saturated rings. The van der Waals surface area contributed by atoms with Crippen LogP contribution in [-0.4, -0.2) is 12.4 Å². The van der Waals surface area contributed by atoms with Gasteiger partial charge < -0.3 is 4.74 Å². The van der Waals surface area contributed by atoms with Gasteiger partial charge in [-0.2, -0.15) is 0 Å². The molecule has 1 aliphatic rings. The first-order valence-corrected chi connectivity index (χ1v) is 5.08. The van der Waals surface area contributed by atoms with Gasteiger partial charge in [-0.05, 0) is 26.7 Å². The lowest BCUT2D eigenvalue weighted by molar-refractivity contribution is -0.119. The third-order valence-electron chi connectivity index (χ3n) is 2.54. The van der Waals surface area contributed by atoms with Gasteiger partial charge in [0.2, 0.25) is 0 Å². The van der Waals surface area contributed by atoms with Crippen molar-refractivity contribution in [1.29, 1.82) is 0 Å². The van der Waals surface area contributed by atoms with Gasteiger partial charge in [-0.3, -0.25) is 4.79 Å². The van der Waals surface area contributed by atoms with E-state index in [1.807, 2.05) is 13.8 Å². The molecule has 0 atom stereocenters. The highest BCUT2D eigenvalue weighted by Gasteiger charge is 2.23. The number of Topliss-reactive ketones (excluding diaryl/α,β-unsaturated/α-hetero) is 1. The number of hydrogen-bond acceptors (Lipinski definition) is 2. The Morgan fingerprint density at radius 3 is 2.62 bits per heavy atom. The SMILES string of the molecule is CCO/C=C(\C)C(=O)C1CCCC1. The number of allylic oxidation sites excluding steroid dienone is 1. The topological polar surface area (TPSA) is 26.3 Å². The molecular formula is C11H18O2. The molecule has 0 spiro atoms. The van der Waals surface area contributed by atoms with E-state index in [-0.39, 0.29) is 11.7 Å². The van der Waals surface area contributed by atoms with E-state index < -0.39 is 0 Å². The molecule has 0 amide bonds. The monoisotopic (exact) mass is 182 g/mol. The number of rotatable bonds is 4. The van der Waals surface area contributed by atoms with Crippen LogP contribution < -0.4 is 0 Å². The van der Waals surface area contributed by atoms with Crippen molar-refractivity contribution in [2.24, 2.45) is 5.92 Å². The maximum absolute atomic E-state index is 11.7. The third-order valence-corrected chi connectivity index (χ3v) is 2.54. The Balaban J connectivity index is 2.45. The minimum Gasteiger partial charge on any atom is -0.501 e. The quantitative estimate of drug-likeness (QED) is 0.493. The van der Waals surface area contributed by atoms with Crippen LogP contribution in [0.2, 0.25) is 0 Å². The molecule has 0 bridgehead atoms. The second-order valence-electron chi connectivity index (χ2n) is 3.60. The van der Waals surface area contributed by atoms with Crippen molar-refractivity contribution in [3.8, 4) is 0 Å². The normalized spacial score (nSPS) is 19.1. The predicted octanol–water partition coefficient (Wildman–Crippen LogP) is 2.69. The zero-order valence-corrected chi connectivity index (χ0v) is 8.51. The van der Waals surface area contributed by atoms with Gasteiger partial charge in [-0.1, -0.05) is 12.8 Å². The first-order valence-electron chi connectivity index (χ1n) is 5.08. The van der Waals surface area contributed by atoms with Gasteiger partial charge in [0.15, 0.2) is 5.78 Å². The van der Waals surface area contributed by atoms with E-state index in [0.717, 1.165) is 18.4 Å². The van der Waals surface area contributed by atoms with Crippen molar-refractivity contribution in [1.82, 2.24) is 0 Å². The van der Waals surface area contributed by atoms with Gasteiger partial charge in [0, 0.05) is 11.5 Å². The number of ketones is 1. The lowest BCUT2D eigenvalue weighted by Crippen LogP contribution is -2.11. The van der Waals surface area contributed by atoms with Gasteiger partial charge in [0.25, 0.3) is 0 Å². The highest BCUT2D eigenvalue weighted by atomic mass is 16.5. The van der Waals surface area contributed by atoms with Crippen molar-refractivity contribution >= 4 is 5.78 Å². The van der Waals surface area contributed by atoms with Crippen molar-refractivity contribution in [3.05, 3.63) is 11.8 Å². The molecule has 0 heterocycles. The maximum atomic E-state index is 11.7. The first-order chi connectivity index (χ1) is 6.25. The molecule has 2 heteroatoms. The Morgan fingerprint density at radius 1 is 1.46 bits per heavy atom. The minimum absolute atomic E-state index is 0.275. The molecule has 2 nitrogen and oxygen atoms in total. The number of ether oxygens (including phenoxy) is 1. The molecule has 0 N–H and O–H groups in total. The van der Waals surface area contributed by atoms with Crippen LogP contribution in [0.4, 0.5) is 0 Å². The molecule has 0 aromatic heterocycles. The molecule has 0 aromatic carbocycles. The lowest BCUT2D eigenvalue weighted by Gasteiger charge is -2.07. The minimum atomic E-state index is 0.275.